The zero-order valence-electron chi connectivity index (χ0n) is 11.2. The van der Waals surface area contributed by atoms with Crippen LogP contribution < -0.4 is 5.73 Å². The first-order valence-corrected chi connectivity index (χ1v) is 6.23. The molecule has 0 fully saturated rings. The van der Waals surface area contributed by atoms with E-state index < -0.39 is 12.2 Å². The number of aliphatic hydroxyl groups is 2. The van der Waals surface area contributed by atoms with Gasteiger partial charge in [-0.1, -0.05) is 31.1 Å². The Morgan fingerprint density at radius 3 is 2.63 bits per heavy atom. The van der Waals surface area contributed by atoms with E-state index in [-0.39, 0.29) is 13.0 Å². The molecule has 0 saturated heterocycles. The van der Waals surface area contributed by atoms with Gasteiger partial charge < -0.3 is 15.9 Å². The molecule has 6 heteroatoms. The molecule has 104 valence electrons. The molecule has 0 heterocycles. The molecule has 1 aromatic carbocycles. The molecule has 0 aliphatic rings. The second-order valence-electron chi connectivity index (χ2n) is 4.80. The van der Waals surface area contributed by atoms with Crippen LogP contribution in [-0.2, 0) is 0 Å². The van der Waals surface area contributed by atoms with E-state index in [1.54, 1.807) is 12.1 Å². The third kappa shape index (κ3) is 4.13. The Morgan fingerprint density at radius 2 is 2.05 bits per heavy atom. The lowest BCUT2D eigenvalue weighted by atomic mass is 9.94. The molecule has 6 nitrogen and oxygen atoms in total. The van der Waals surface area contributed by atoms with Gasteiger partial charge in [-0.3, -0.25) is 0 Å². The topological polar surface area (TPSA) is 115 Å². The van der Waals surface area contributed by atoms with E-state index in [1.807, 2.05) is 19.9 Å². The molecule has 0 aliphatic heterocycles. The van der Waals surface area contributed by atoms with E-state index in [0.29, 0.717) is 17.2 Å². The predicted octanol–water partition coefficient (Wildman–Crippen LogP) is 2.49. The van der Waals surface area contributed by atoms with E-state index in [2.05, 4.69) is 10.0 Å². The summed E-state index contributed by atoms with van der Waals surface area (Å²) in [5.41, 5.74) is 16.0. The monoisotopic (exact) mass is 264 g/mol. The van der Waals surface area contributed by atoms with Gasteiger partial charge in [-0.2, -0.15) is 0 Å². The molecule has 2 atom stereocenters. The maximum absolute atomic E-state index is 10.1. The van der Waals surface area contributed by atoms with E-state index in [0.717, 1.165) is 5.56 Å². The van der Waals surface area contributed by atoms with Gasteiger partial charge in [-0.25, -0.2) is 0 Å². The molecule has 1 rings (SSSR count). The second-order valence-corrected chi connectivity index (χ2v) is 4.80. The van der Waals surface area contributed by atoms with Crippen molar-refractivity contribution in [3.63, 3.8) is 0 Å². The van der Waals surface area contributed by atoms with Crippen LogP contribution in [0.1, 0.15) is 43.4 Å². The predicted molar refractivity (Wildman–Crippen MR) is 74.5 cm³/mol. The molecule has 0 radical (unpaired) electrons. The number of nitrogens with two attached hydrogens (primary N) is 1. The number of anilines is 1. The maximum Gasteiger partial charge on any atom is 0.107 e. The lowest BCUT2D eigenvalue weighted by Gasteiger charge is -2.20. The van der Waals surface area contributed by atoms with Gasteiger partial charge in [0, 0.05) is 22.7 Å². The molecule has 2 unspecified atom stereocenters. The van der Waals surface area contributed by atoms with Gasteiger partial charge in [0.25, 0.3) is 0 Å². The van der Waals surface area contributed by atoms with Crippen LogP contribution in [0.25, 0.3) is 10.4 Å². The second kappa shape index (κ2) is 6.99. The summed E-state index contributed by atoms with van der Waals surface area (Å²) in [6, 6.07) is 5.44. The van der Waals surface area contributed by atoms with Crippen molar-refractivity contribution in [2.45, 2.75) is 38.4 Å². The average Bonchev–Trinajstić information content (AvgIpc) is 2.38. The van der Waals surface area contributed by atoms with Crippen molar-refractivity contribution in [1.82, 2.24) is 0 Å². The molecule has 0 aliphatic carbocycles. The van der Waals surface area contributed by atoms with E-state index >= 15 is 0 Å². The molecule has 0 bridgehead atoms. The highest BCUT2D eigenvalue weighted by Gasteiger charge is 2.20. The number of nitrogen functional groups attached to an aromatic ring is 1. The van der Waals surface area contributed by atoms with Crippen molar-refractivity contribution in [1.29, 1.82) is 0 Å². The van der Waals surface area contributed by atoms with Crippen molar-refractivity contribution in [2.75, 3.05) is 12.3 Å². The lowest BCUT2D eigenvalue weighted by Crippen LogP contribution is -2.20. The number of benzene rings is 1. The van der Waals surface area contributed by atoms with E-state index in [4.69, 9.17) is 11.3 Å². The van der Waals surface area contributed by atoms with E-state index in [9.17, 15) is 10.2 Å². The van der Waals surface area contributed by atoms with Gasteiger partial charge in [0.05, 0.1) is 6.10 Å². The van der Waals surface area contributed by atoms with Crippen LogP contribution in [0, 0.1) is 0 Å². The van der Waals surface area contributed by atoms with Crippen molar-refractivity contribution in [3.05, 3.63) is 39.8 Å². The SMILES string of the molecule is CC(C)c1ccc(N)c(C(O)C(O)CCN=[N+]=[N-])c1. The number of nitrogens with zero attached hydrogens (tertiary/aromatic N) is 3. The number of azide groups is 1. The first-order chi connectivity index (χ1) is 8.97. The Morgan fingerprint density at radius 1 is 1.37 bits per heavy atom. The van der Waals surface area contributed by atoms with Crippen molar-refractivity contribution >= 4 is 5.69 Å². The normalized spacial score (nSPS) is 13.9. The van der Waals surface area contributed by atoms with E-state index in [1.165, 1.54) is 0 Å². The fraction of sp³-hybridized carbons (Fsp3) is 0.538. The van der Waals surface area contributed by atoms with Crippen LogP contribution in [0.3, 0.4) is 0 Å². The van der Waals surface area contributed by atoms with Gasteiger partial charge in [-0.15, -0.1) is 0 Å². The largest absolute Gasteiger partial charge is 0.398 e. The third-order valence-electron chi connectivity index (χ3n) is 3.05. The minimum atomic E-state index is -1.08. The summed E-state index contributed by atoms with van der Waals surface area (Å²) in [6.07, 6.45) is -1.89. The summed E-state index contributed by atoms with van der Waals surface area (Å²) in [5, 5.41) is 23.3. The van der Waals surface area contributed by atoms with Crippen LogP contribution >= 0.6 is 0 Å². The molecule has 0 aromatic heterocycles. The minimum Gasteiger partial charge on any atom is -0.398 e. The fourth-order valence-electron chi connectivity index (χ4n) is 1.81. The van der Waals surface area contributed by atoms with Gasteiger partial charge in [0.2, 0.25) is 0 Å². The first-order valence-electron chi connectivity index (χ1n) is 6.23. The average molecular weight is 264 g/mol. The highest BCUT2D eigenvalue weighted by Crippen LogP contribution is 2.28. The standard InChI is InChI=1S/C13H20N4O2/c1-8(2)9-3-4-11(14)10(7-9)13(19)12(18)5-6-16-17-15/h3-4,7-8,12-13,18-19H,5-6,14H2,1-2H3. The highest BCUT2D eigenvalue weighted by atomic mass is 16.3. The number of rotatable bonds is 6. The summed E-state index contributed by atoms with van der Waals surface area (Å²) in [7, 11) is 0. The highest BCUT2D eigenvalue weighted by molar-refractivity contribution is 5.50. The van der Waals surface area contributed by atoms with Crippen LogP contribution in [0.5, 0.6) is 0 Å². The van der Waals surface area contributed by atoms with Crippen LogP contribution in [0.4, 0.5) is 5.69 Å². The fourth-order valence-corrected chi connectivity index (χ4v) is 1.81. The molecule has 19 heavy (non-hydrogen) atoms. The van der Waals surface area contributed by atoms with Crippen LogP contribution in [0.2, 0.25) is 0 Å². The summed E-state index contributed by atoms with van der Waals surface area (Å²) >= 11 is 0. The zero-order valence-corrected chi connectivity index (χ0v) is 11.2. The summed E-state index contributed by atoms with van der Waals surface area (Å²) in [5.74, 6) is 0.312. The quantitative estimate of drug-likeness (QED) is 0.317. The Balaban J connectivity index is 2.88. The van der Waals surface area contributed by atoms with Crippen molar-refractivity contribution in [3.8, 4) is 0 Å². The zero-order chi connectivity index (χ0) is 14.4. The van der Waals surface area contributed by atoms with Crippen molar-refractivity contribution in [2.24, 2.45) is 5.11 Å². The maximum atomic E-state index is 10.1. The van der Waals surface area contributed by atoms with Crippen LogP contribution in [0.15, 0.2) is 23.3 Å². The smallest absolute Gasteiger partial charge is 0.107 e. The Hall–Kier alpha value is -1.75. The first kappa shape index (κ1) is 15.3. The lowest BCUT2D eigenvalue weighted by molar-refractivity contribution is 0.0154. The summed E-state index contributed by atoms with van der Waals surface area (Å²) < 4.78 is 0. The molecule has 0 amide bonds. The molecular formula is C13H20N4O2. The van der Waals surface area contributed by atoms with Crippen molar-refractivity contribution < 1.29 is 10.2 Å². The molecule has 0 saturated carbocycles. The number of hydrogen-bond acceptors (Lipinski definition) is 4. The number of aliphatic hydroxyl groups excluding tert-OH is 2. The van der Waals surface area contributed by atoms with Gasteiger partial charge in [0.15, 0.2) is 0 Å². The molecular weight excluding hydrogens is 244 g/mol. The number of hydrogen-bond donors (Lipinski definition) is 3. The van der Waals surface area contributed by atoms with Crippen LogP contribution in [-0.4, -0.2) is 22.9 Å². The molecule has 0 spiro atoms. The minimum absolute atomic E-state index is 0.137. The van der Waals surface area contributed by atoms with Gasteiger partial charge in [-0.05, 0) is 29.5 Å². The molecule has 1 aromatic rings. The van der Waals surface area contributed by atoms with Gasteiger partial charge in [0.1, 0.15) is 6.10 Å². The molecule has 4 N–H and O–H groups in total. The third-order valence-corrected chi connectivity index (χ3v) is 3.05. The Kier molecular flexibility index (Phi) is 5.63. The summed E-state index contributed by atoms with van der Waals surface area (Å²) in [6.45, 7) is 4.22. The Bertz CT molecular complexity index is 470. The van der Waals surface area contributed by atoms with Gasteiger partial charge >= 0.3 is 0 Å². The summed E-state index contributed by atoms with van der Waals surface area (Å²) in [4.78, 5) is 2.60. The Labute approximate surface area is 112 Å².